The van der Waals surface area contributed by atoms with Crippen molar-refractivity contribution in [1.82, 2.24) is 0 Å². The highest BCUT2D eigenvalue weighted by atomic mass is 16.7. The molecule has 0 aromatic carbocycles. The lowest BCUT2D eigenvalue weighted by Gasteiger charge is -2.60. The van der Waals surface area contributed by atoms with Crippen LogP contribution in [0.2, 0.25) is 0 Å². The summed E-state index contributed by atoms with van der Waals surface area (Å²) < 4.78 is 30.5. The zero-order valence-electron chi connectivity index (χ0n) is 23.2. The van der Waals surface area contributed by atoms with Crippen LogP contribution in [0.4, 0.5) is 0 Å². The summed E-state index contributed by atoms with van der Waals surface area (Å²) in [7, 11) is 1.55. The molecule has 1 spiro atoms. The Morgan fingerprint density at radius 1 is 1.25 bits per heavy atom. The molecule has 9 atom stereocenters. The van der Waals surface area contributed by atoms with Crippen molar-refractivity contribution in [3.63, 3.8) is 0 Å². The van der Waals surface area contributed by atoms with Crippen LogP contribution in [-0.4, -0.2) is 77.4 Å². The molecule has 1 aliphatic heterocycles. The molecule has 2 saturated carbocycles. The molecule has 3 fully saturated rings. The van der Waals surface area contributed by atoms with Gasteiger partial charge in [-0.2, -0.15) is 0 Å². The number of hydrogen-bond acceptors (Lipinski definition) is 8. The molecular weight excluding hydrogens is 464 g/mol. The fourth-order valence-corrected chi connectivity index (χ4v) is 7.59. The van der Waals surface area contributed by atoms with Crippen molar-refractivity contribution in [2.45, 2.75) is 116 Å². The normalized spacial score (nSPS) is 45.5. The van der Waals surface area contributed by atoms with Crippen LogP contribution < -0.4 is 0 Å². The number of methoxy groups -OCH3 is 1. The minimum absolute atomic E-state index is 0.00125. The van der Waals surface area contributed by atoms with E-state index in [9.17, 15) is 15.0 Å². The topological polar surface area (TPSA) is 107 Å². The van der Waals surface area contributed by atoms with Gasteiger partial charge in [0.1, 0.15) is 30.2 Å². The zero-order chi connectivity index (χ0) is 27.1. The van der Waals surface area contributed by atoms with Gasteiger partial charge in [-0.1, -0.05) is 33.4 Å². The first-order chi connectivity index (χ1) is 16.5. The molecule has 8 heteroatoms. The highest BCUT2D eigenvalue weighted by Gasteiger charge is 2.82. The van der Waals surface area contributed by atoms with Crippen molar-refractivity contribution >= 4 is 5.97 Å². The summed E-state index contributed by atoms with van der Waals surface area (Å²) in [4.78, 5) is 12.0. The summed E-state index contributed by atoms with van der Waals surface area (Å²) in [6.45, 7) is 19.6. The summed E-state index contributed by atoms with van der Waals surface area (Å²) in [5.41, 5.74) is -3.14. The summed E-state index contributed by atoms with van der Waals surface area (Å²) in [6.07, 6.45) is -0.449. The number of aliphatic hydroxyl groups excluding tert-OH is 1. The number of epoxide rings is 1. The maximum Gasteiger partial charge on any atom is 0.303 e. The number of carbonyl (C=O) groups is 1. The van der Waals surface area contributed by atoms with Gasteiger partial charge in [-0.15, -0.1) is 0 Å². The van der Waals surface area contributed by atoms with Gasteiger partial charge in [-0.3, -0.25) is 4.79 Å². The SMILES string of the molecule is C=C1[C@@H](OC(C)=O)C[C@H](OC(C)(C)C)[C@@]2(C)C[C@@H](OCOC)[C@@]3(O)C(C)=C[C@H](O)[C@]4(O[C@@H]4[C@@H]12)C3(C)C. The molecule has 0 unspecified atom stereocenters. The molecule has 2 N–H and O–H groups in total. The van der Waals surface area contributed by atoms with Crippen molar-refractivity contribution in [2.75, 3.05) is 13.9 Å². The van der Waals surface area contributed by atoms with Gasteiger partial charge in [0.25, 0.3) is 0 Å². The van der Waals surface area contributed by atoms with E-state index < -0.39 is 52.0 Å². The van der Waals surface area contributed by atoms with E-state index in [0.29, 0.717) is 18.4 Å². The summed E-state index contributed by atoms with van der Waals surface area (Å²) in [5, 5.41) is 23.9. The lowest BCUT2D eigenvalue weighted by molar-refractivity contribution is -0.237. The number of esters is 1. The minimum atomic E-state index is -1.44. The van der Waals surface area contributed by atoms with Gasteiger partial charge in [0.05, 0.1) is 23.9 Å². The maximum absolute atomic E-state index is 12.5. The third kappa shape index (κ3) is 3.75. The molecule has 0 aromatic heterocycles. The van der Waals surface area contributed by atoms with Gasteiger partial charge in [-0.25, -0.2) is 0 Å². The number of carbonyl (C=O) groups excluding carboxylic acids is 1. The monoisotopic (exact) mass is 508 g/mol. The Morgan fingerprint density at radius 3 is 2.44 bits per heavy atom. The van der Waals surface area contributed by atoms with Crippen LogP contribution in [0.3, 0.4) is 0 Å². The molecule has 0 aromatic rings. The van der Waals surface area contributed by atoms with Gasteiger partial charge in [0.15, 0.2) is 0 Å². The summed E-state index contributed by atoms with van der Waals surface area (Å²) in [5.74, 6) is -0.703. The van der Waals surface area contributed by atoms with Gasteiger partial charge in [-0.05, 0) is 45.3 Å². The molecule has 204 valence electrons. The molecule has 0 amide bonds. The Labute approximate surface area is 215 Å². The van der Waals surface area contributed by atoms with Crippen molar-refractivity contribution in [1.29, 1.82) is 0 Å². The average molecular weight is 509 g/mol. The largest absolute Gasteiger partial charge is 0.458 e. The molecule has 1 heterocycles. The number of hydrogen-bond donors (Lipinski definition) is 2. The third-order valence-electron chi connectivity index (χ3n) is 9.34. The molecule has 8 nitrogen and oxygen atoms in total. The molecule has 36 heavy (non-hydrogen) atoms. The second kappa shape index (κ2) is 8.61. The predicted octanol–water partition coefficient (Wildman–Crippen LogP) is 3.29. The smallest absolute Gasteiger partial charge is 0.303 e. The second-order valence-electron chi connectivity index (χ2n) is 12.9. The Kier molecular flexibility index (Phi) is 6.64. The van der Waals surface area contributed by atoms with Crippen LogP contribution in [0.1, 0.15) is 68.2 Å². The molecule has 1 saturated heterocycles. The molecular formula is C28H44O8. The van der Waals surface area contributed by atoms with Crippen molar-refractivity contribution in [3.8, 4) is 0 Å². The Bertz CT molecular complexity index is 950. The average Bonchev–Trinajstić information content (AvgIpc) is 3.48. The van der Waals surface area contributed by atoms with E-state index in [1.54, 1.807) is 13.2 Å². The van der Waals surface area contributed by atoms with Crippen molar-refractivity contribution < 1.29 is 38.7 Å². The van der Waals surface area contributed by atoms with Crippen molar-refractivity contribution in [3.05, 3.63) is 23.8 Å². The van der Waals surface area contributed by atoms with E-state index in [1.165, 1.54) is 6.92 Å². The number of fused-ring (bicyclic) bond motifs is 3. The summed E-state index contributed by atoms with van der Waals surface area (Å²) in [6, 6.07) is 0. The van der Waals surface area contributed by atoms with Gasteiger partial charge in [0.2, 0.25) is 0 Å². The first-order valence-corrected chi connectivity index (χ1v) is 12.9. The maximum atomic E-state index is 12.5. The number of ether oxygens (including phenoxy) is 5. The van der Waals surface area contributed by atoms with Crippen LogP contribution >= 0.6 is 0 Å². The van der Waals surface area contributed by atoms with Crippen LogP contribution in [0.25, 0.3) is 0 Å². The standard InChI is InChI=1S/C28H44O8/c1-15-11-19(30)28-23(36-28)22-16(2)18(34-17(3)29)12-20(35-24(4,5)6)26(22,9)13-21(33-14-32-10)27(15,31)25(28,7)8/h11,18-23,30-31H,2,12-14H2,1,3-10H3/t18-,19-,20-,21+,22+,23+,26+,27-,28+/m0/s1. The highest BCUT2D eigenvalue weighted by Crippen LogP contribution is 2.71. The van der Waals surface area contributed by atoms with Gasteiger partial charge >= 0.3 is 5.97 Å². The highest BCUT2D eigenvalue weighted by molar-refractivity contribution is 5.66. The van der Waals surface area contributed by atoms with E-state index >= 15 is 0 Å². The fraction of sp³-hybridized carbons (Fsp3) is 0.821. The van der Waals surface area contributed by atoms with Crippen LogP contribution in [0.5, 0.6) is 0 Å². The van der Waals surface area contributed by atoms with E-state index in [1.807, 2.05) is 41.5 Å². The van der Waals surface area contributed by atoms with E-state index in [4.69, 9.17) is 23.7 Å². The second-order valence-corrected chi connectivity index (χ2v) is 12.9. The van der Waals surface area contributed by atoms with Gasteiger partial charge < -0.3 is 33.9 Å². The van der Waals surface area contributed by atoms with Crippen LogP contribution in [-0.2, 0) is 28.5 Å². The molecule has 3 aliphatic carbocycles. The number of aliphatic hydroxyl groups is 2. The number of rotatable bonds is 5. The summed E-state index contributed by atoms with van der Waals surface area (Å²) >= 11 is 0. The molecule has 2 bridgehead atoms. The lowest BCUT2D eigenvalue weighted by Crippen LogP contribution is -2.71. The van der Waals surface area contributed by atoms with Gasteiger partial charge in [0, 0.05) is 37.2 Å². The van der Waals surface area contributed by atoms with Crippen LogP contribution in [0, 0.1) is 16.7 Å². The quantitative estimate of drug-likeness (QED) is 0.252. The fourth-order valence-electron chi connectivity index (χ4n) is 7.59. The van der Waals surface area contributed by atoms with E-state index in [2.05, 4.69) is 13.5 Å². The lowest BCUT2D eigenvalue weighted by atomic mass is 9.47. The zero-order valence-corrected chi connectivity index (χ0v) is 23.2. The molecule has 4 aliphatic rings. The molecule has 4 rings (SSSR count). The Hall–Kier alpha value is -1.29. The van der Waals surface area contributed by atoms with E-state index in [0.717, 1.165) is 5.57 Å². The van der Waals surface area contributed by atoms with E-state index in [-0.39, 0.29) is 24.8 Å². The predicted molar refractivity (Wildman–Crippen MR) is 133 cm³/mol. The Morgan fingerprint density at radius 2 is 1.89 bits per heavy atom. The Balaban J connectivity index is 1.93. The van der Waals surface area contributed by atoms with Crippen LogP contribution in [0.15, 0.2) is 23.8 Å². The minimum Gasteiger partial charge on any atom is -0.458 e. The first kappa shape index (κ1) is 27.7. The van der Waals surface area contributed by atoms with Crippen molar-refractivity contribution in [2.24, 2.45) is 16.7 Å². The third-order valence-corrected chi connectivity index (χ3v) is 9.34. The molecule has 0 radical (unpaired) electrons. The first-order valence-electron chi connectivity index (χ1n) is 12.9.